The van der Waals surface area contributed by atoms with Gasteiger partial charge in [-0.05, 0) is 50.8 Å². The Kier molecular flexibility index (Phi) is 6.70. The molecule has 0 aromatic heterocycles. The highest BCUT2D eigenvalue weighted by molar-refractivity contribution is 8.16. The van der Waals surface area contributed by atoms with E-state index >= 15 is 0 Å². The number of hydrogen-bond acceptors (Lipinski definition) is 5. The van der Waals surface area contributed by atoms with Crippen LogP contribution in [-0.4, -0.2) is 27.9 Å². The minimum atomic E-state index is -0.380. The molecule has 170 valence electrons. The number of nitrogens with zero attached hydrogens (tertiary/aromatic N) is 2. The summed E-state index contributed by atoms with van der Waals surface area (Å²) in [7, 11) is 0. The van der Waals surface area contributed by atoms with E-state index in [1.54, 1.807) is 0 Å². The van der Waals surface area contributed by atoms with Gasteiger partial charge in [-0.3, -0.25) is 9.59 Å². The van der Waals surface area contributed by atoms with E-state index in [-0.39, 0.29) is 30.3 Å². The quantitative estimate of drug-likeness (QED) is 0.627. The van der Waals surface area contributed by atoms with E-state index in [4.69, 9.17) is 4.99 Å². The van der Waals surface area contributed by atoms with E-state index in [0.717, 1.165) is 27.7 Å². The van der Waals surface area contributed by atoms with Gasteiger partial charge in [0, 0.05) is 17.4 Å². The number of nitrogens with one attached hydrogen (secondary N) is 2. The van der Waals surface area contributed by atoms with Crippen molar-refractivity contribution in [3.05, 3.63) is 88.1 Å². The standard InChI is InChI=1S/C26H28N4O2S/c1-16(2)27-22(31)14-21-15-33-26-28-18(4)23(25(32)29-20-11-6-5-7-12-20)24(30(21)26)19-10-8-9-17(3)13-19/h5-13,15-16,24H,14H2,1-4H3,(H,27,31)(H,29,32)/t24-/m1/s1. The smallest absolute Gasteiger partial charge is 0.255 e. The predicted octanol–water partition coefficient (Wildman–Crippen LogP) is 5.12. The minimum absolute atomic E-state index is 0.0531. The molecule has 0 saturated carbocycles. The molecule has 4 rings (SSSR count). The second-order valence-corrected chi connectivity index (χ2v) is 9.36. The number of amidine groups is 1. The third-order valence-corrected chi connectivity index (χ3v) is 6.31. The number of aliphatic imine (C=N–C) groups is 1. The van der Waals surface area contributed by atoms with Crippen molar-refractivity contribution in [2.45, 2.75) is 46.2 Å². The van der Waals surface area contributed by atoms with E-state index in [1.165, 1.54) is 11.8 Å². The molecule has 7 heteroatoms. The maximum atomic E-state index is 13.5. The summed E-state index contributed by atoms with van der Waals surface area (Å²) in [5.41, 5.74) is 4.90. The van der Waals surface area contributed by atoms with Crippen molar-refractivity contribution in [1.29, 1.82) is 0 Å². The van der Waals surface area contributed by atoms with E-state index in [1.807, 2.05) is 86.5 Å². The fraction of sp³-hybridized carbons (Fsp3) is 0.269. The molecule has 2 aromatic carbocycles. The summed E-state index contributed by atoms with van der Waals surface area (Å²) in [5.74, 6) is -0.251. The average Bonchev–Trinajstić information content (AvgIpc) is 3.14. The topological polar surface area (TPSA) is 73.8 Å². The zero-order valence-corrected chi connectivity index (χ0v) is 20.1. The van der Waals surface area contributed by atoms with Gasteiger partial charge in [-0.1, -0.05) is 59.8 Å². The highest BCUT2D eigenvalue weighted by atomic mass is 32.2. The fourth-order valence-corrected chi connectivity index (χ4v) is 5.04. The summed E-state index contributed by atoms with van der Waals surface area (Å²) in [6, 6.07) is 17.2. The number of aryl methyl sites for hydroxylation is 1. The number of benzene rings is 2. The molecule has 2 heterocycles. The van der Waals surface area contributed by atoms with Crippen LogP contribution in [0, 0.1) is 6.92 Å². The van der Waals surface area contributed by atoms with Crippen molar-refractivity contribution < 1.29 is 9.59 Å². The fourth-order valence-electron chi connectivity index (χ4n) is 4.07. The third kappa shape index (κ3) is 5.03. The number of anilines is 1. The van der Waals surface area contributed by atoms with Crippen LogP contribution >= 0.6 is 11.8 Å². The molecule has 6 nitrogen and oxygen atoms in total. The Labute approximate surface area is 198 Å². The molecule has 2 aliphatic rings. The summed E-state index contributed by atoms with van der Waals surface area (Å²) in [6.45, 7) is 7.79. The Bertz CT molecular complexity index is 1170. The van der Waals surface area contributed by atoms with E-state index in [0.29, 0.717) is 11.3 Å². The molecule has 0 saturated heterocycles. The van der Waals surface area contributed by atoms with Gasteiger partial charge in [0.1, 0.15) is 0 Å². The lowest BCUT2D eigenvalue weighted by Gasteiger charge is -2.36. The van der Waals surface area contributed by atoms with Crippen LogP contribution in [0.4, 0.5) is 5.69 Å². The van der Waals surface area contributed by atoms with Crippen molar-refractivity contribution >= 4 is 34.4 Å². The van der Waals surface area contributed by atoms with Crippen molar-refractivity contribution in [2.75, 3.05) is 5.32 Å². The Balaban J connectivity index is 1.74. The summed E-state index contributed by atoms with van der Waals surface area (Å²) in [4.78, 5) is 32.9. The number of thioether (sulfide) groups is 1. The van der Waals surface area contributed by atoms with E-state index in [2.05, 4.69) is 16.7 Å². The second kappa shape index (κ2) is 9.67. The van der Waals surface area contributed by atoms with Crippen molar-refractivity contribution in [3.63, 3.8) is 0 Å². The first-order valence-corrected chi connectivity index (χ1v) is 11.9. The van der Waals surface area contributed by atoms with Gasteiger partial charge in [-0.25, -0.2) is 4.99 Å². The molecule has 2 aromatic rings. The molecule has 0 aliphatic carbocycles. The van der Waals surface area contributed by atoms with Gasteiger partial charge in [0.2, 0.25) is 5.91 Å². The minimum Gasteiger partial charge on any atom is -0.354 e. The largest absolute Gasteiger partial charge is 0.354 e. The highest BCUT2D eigenvalue weighted by Gasteiger charge is 2.40. The van der Waals surface area contributed by atoms with Crippen LogP contribution in [0.5, 0.6) is 0 Å². The van der Waals surface area contributed by atoms with Crippen LogP contribution < -0.4 is 10.6 Å². The highest BCUT2D eigenvalue weighted by Crippen LogP contribution is 2.44. The number of fused-ring (bicyclic) bond motifs is 1. The molecule has 0 unspecified atom stereocenters. The maximum absolute atomic E-state index is 13.5. The van der Waals surface area contributed by atoms with Crippen LogP contribution in [0.25, 0.3) is 0 Å². The molecule has 2 amide bonds. The average molecular weight is 461 g/mol. The van der Waals surface area contributed by atoms with Crippen LogP contribution in [0.2, 0.25) is 0 Å². The number of para-hydroxylation sites is 1. The molecule has 1 atom stereocenters. The molecule has 0 spiro atoms. The first-order chi connectivity index (χ1) is 15.8. The lowest BCUT2D eigenvalue weighted by Crippen LogP contribution is -2.39. The van der Waals surface area contributed by atoms with Gasteiger partial charge in [0.25, 0.3) is 5.91 Å². The summed E-state index contributed by atoms with van der Waals surface area (Å²) in [6.07, 6.45) is 0.221. The number of hydrogen-bond donors (Lipinski definition) is 2. The van der Waals surface area contributed by atoms with Crippen molar-refractivity contribution in [2.24, 2.45) is 4.99 Å². The number of allylic oxidation sites excluding steroid dienone is 1. The first kappa shape index (κ1) is 22.9. The van der Waals surface area contributed by atoms with Gasteiger partial charge >= 0.3 is 0 Å². The summed E-state index contributed by atoms with van der Waals surface area (Å²) in [5, 5.41) is 8.72. The Morgan fingerprint density at radius 1 is 1.09 bits per heavy atom. The van der Waals surface area contributed by atoms with Crippen LogP contribution in [-0.2, 0) is 9.59 Å². The normalized spacial score (nSPS) is 17.5. The number of carbonyl (C=O) groups excluding carboxylic acids is 2. The molecule has 2 aliphatic heterocycles. The van der Waals surface area contributed by atoms with Gasteiger partial charge in [-0.2, -0.15) is 0 Å². The zero-order chi connectivity index (χ0) is 23.5. The van der Waals surface area contributed by atoms with E-state index < -0.39 is 0 Å². The monoisotopic (exact) mass is 460 g/mol. The van der Waals surface area contributed by atoms with Gasteiger partial charge in [0.15, 0.2) is 5.17 Å². The Morgan fingerprint density at radius 3 is 2.55 bits per heavy atom. The molecule has 0 bridgehead atoms. The maximum Gasteiger partial charge on any atom is 0.255 e. The van der Waals surface area contributed by atoms with Crippen LogP contribution in [0.3, 0.4) is 0 Å². The number of rotatable bonds is 6. The molecular weight excluding hydrogens is 432 g/mol. The van der Waals surface area contributed by atoms with Gasteiger partial charge < -0.3 is 15.5 Å². The molecule has 33 heavy (non-hydrogen) atoms. The predicted molar refractivity (Wildman–Crippen MR) is 135 cm³/mol. The van der Waals surface area contributed by atoms with Crippen molar-refractivity contribution in [1.82, 2.24) is 10.2 Å². The molecular formula is C26H28N4O2S. The lowest BCUT2D eigenvalue weighted by molar-refractivity contribution is -0.121. The second-order valence-electron chi connectivity index (χ2n) is 8.53. The van der Waals surface area contributed by atoms with Crippen LogP contribution in [0.15, 0.2) is 82.0 Å². The molecule has 2 N–H and O–H groups in total. The number of carbonyl (C=O) groups is 2. The Hall–Kier alpha value is -3.32. The summed E-state index contributed by atoms with van der Waals surface area (Å²) >= 11 is 1.49. The zero-order valence-electron chi connectivity index (χ0n) is 19.3. The summed E-state index contributed by atoms with van der Waals surface area (Å²) < 4.78 is 0. The van der Waals surface area contributed by atoms with Crippen LogP contribution in [0.1, 0.15) is 44.4 Å². The Morgan fingerprint density at radius 2 is 1.85 bits per heavy atom. The first-order valence-electron chi connectivity index (χ1n) is 11.0. The third-order valence-electron chi connectivity index (χ3n) is 5.43. The molecule has 0 fully saturated rings. The number of amides is 2. The molecule has 0 radical (unpaired) electrons. The lowest BCUT2D eigenvalue weighted by atomic mass is 9.92. The SMILES string of the molecule is CC1=C(C(=O)Nc2ccccc2)[C@@H](c2cccc(C)c2)N2C(CC(=O)NC(C)C)=CSC2=N1. The van der Waals surface area contributed by atoms with Crippen molar-refractivity contribution in [3.8, 4) is 0 Å². The van der Waals surface area contributed by atoms with E-state index in [9.17, 15) is 9.59 Å². The van der Waals surface area contributed by atoms with Gasteiger partial charge in [0.05, 0.1) is 23.7 Å². The van der Waals surface area contributed by atoms with Gasteiger partial charge in [-0.15, -0.1) is 0 Å².